The molecule has 0 atom stereocenters. The summed E-state index contributed by atoms with van der Waals surface area (Å²) in [5.74, 6) is -0.194. The Kier molecular flexibility index (Phi) is 4.06. The maximum Gasteiger partial charge on any atom is 0.257 e. The molecule has 0 fully saturated rings. The first kappa shape index (κ1) is 17.1. The Morgan fingerprint density at radius 3 is 2.48 bits per heavy atom. The van der Waals surface area contributed by atoms with E-state index in [2.05, 4.69) is 41.2 Å². The number of nitrogens with zero attached hydrogens (tertiary/aromatic N) is 4. The Bertz CT molecular complexity index is 949. The summed E-state index contributed by atoms with van der Waals surface area (Å²) in [5.41, 5.74) is 4.48. The number of carbonyl (C=O) groups excluding carboxylic acids is 1. The minimum absolute atomic E-state index is 0.0219. The third-order valence-electron chi connectivity index (χ3n) is 4.22. The van der Waals surface area contributed by atoms with Crippen molar-refractivity contribution in [2.45, 2.75) is 40.0 Å². The lowest BCUT2D eigenvalue weighted by Gasteiger charge is -2.17. The highest BCUT2D eigenvalue weighted by Crippen LogP contribution is 2.22. The molecule has 0 saturated carbocycles. The van der Waals surface area contributed by atoms with Gasteiger partial charge in [0, 0.05) is 23.5 Å². The number of nitrogens with one attached hydrogen (secondary N) is 1. The van der Waals surface area contributed by atoms with E-state index in [4.69, 9.17) is 0 Å². The van der Waals surface area contributed by atoms with Gasteiger partial charge in [0.05, 0.1) is 28.8 Å². The molecule has 3 aromatic heterocycles. The summed E-state index contributed by atoms with van der Waals surface area (Å²) in [5, 5.41) is 8.15. The predicted molar refractivity (Wildman–Crippen MR) is 98.9 cm³/mol. The van der Waals surface area contributed by atoms with Crippen LogP contribution in [-0.2, 0) is 12.5 Å². The van der Waals surface area contributed by atoms with Gasteiger partial charge in [0.2, 0.25) is 0 Å². The molecule has 0 aliphatic carbocycles. The molecule has 6 nitrogen and oxygen atoms in total. The van der Waals surface area contributed by atoms with Crippen LogP contribution in [0.25, 0.3) is 11.0 Å². The fourth-order valence-corrected chi connectivity index (χ4v) is 2.77. The Morgan fingerprint density at radius 1 is 1.16 bits per heavy atom. The Hall–Kier alpha value is -2.76. The largest absolute Gasteiger partial charge is 0.321 e. The average molecular weight is 337 g/mol. The van der Waals surface area contributed by atoms with Crippen molar-refractivity contribution >= 4 is 22.6 Å². The van der Waals surface area contributed by atoms with Crippen LogP contribution in [0.3, 0.4) is 0 Å². The summed E-state index contributed by atoms with van der Waals surface area (Å²) in [6, 6.07) is 5.67. The second-order valence-electron chi connectivity index (χ2n) is 7.34. The first-order valence-electron chi connectivity index (χ1n) is 8.25. The number of anilines is 1. The van der Waals surface area contributed by atoms with Crippen LogP contribution in [0.4, 0.5) is 5.69 Å². The lowest BCUT2D eigenvalue weighted by Crippen LogP contribution is -2.16. The molecule has 0 spiro atoms. The molecule has 0 radical (unpaired) electrons. The van der Waals surface area contributed by atoms with Gasteiger partial charge in [-0.15, -0.1) is 0 Å². The van der Waals surface area contributed by atoms with E-state index in [0.29, 0.717) is 16.9 Å². The number of pyridine rings is 2. The third kappa shape index (κ3) is 3.24. The molecule has 3 aromatic rings. The summed E-state index contributed by atoms with van der Waals surface area (Å²) in [7, 11) is 1.85. The molecule has 3 rings (SSSR count). The van der Waals surface area contributed by atoms with Crippen molar-refractivity contribution < 1.29 is 4.79 Å². The summed E-state index contributed by atoms with van der Waals surface area (Å²) >= 11 is 0. The molecule has 130 valence electrons. The highest BCUT2D eigenvalue weighted by Gasteiger charge is 2.17. The summed E-state index contributed by atoms with van der Waals surface area (Å²) < 4.78 is 1.73. The highest BCUT2D eigenvalue weighted by molar-refractivity contribution is 6.06. The summed E-state index contributed by atoms with van der Waals surface area (Å²) in [6.07, 6.45) is 1.69. The monoisotopic (exact) mass is 337 g/mol. The van der Waals surface area contributed by atoms with Crippen molar-refractivity contribution in [2.24, 2.45) is 7.05 Å². The van der Waals surface area contributed by atoms with Crippen LogP contribution in [0.5, 0.6) is 0 Å². The number of hydrogen-bond donors (Lipinski definition) is 1. The van der Waals surface area contributed by atoms with E-state index in [1.54, 1.807) is 10.9 Å². The maximum absolute atomic E-state index is 12.7. The number of aromatic nitrogens is 4. The molecule has 0 unspecified atom stereocenters. The minimum Gasteiger partial charge on any atom is -0.321 e. The third-order valence-corrected chi connectivity index (χ3v) is 4.22. The molecule has 0 bridgehead atoms. The van der Waals surface area contributed by atoms with Gasteiger partial charge in [-0.3, -0.25) is 14.5 Å². The fourth-order valence-electron chi connectivity index (χ4n) is 2.77. The molecule has 0 aliphatic rings. The van der Waals surface area contributed by atoms with Gasteiger partial charge in [0.1, 0.15) is 0 Å². The first-order chi connectivity index (χ1) is 11.7. The first-order valence-corrected chi connectivity index (χ1v) is 8.25. The van der Waals surface area contributed by atoms with E-state index < -0.39 is 0 Å². The average Bonchev–Trinajstić information content (AvgIpc) is 2.80. The molecule has 1 amide bonds. The molecular weight excluding hydrogens is 314 g/mol. The van der Waals surface area contributed by atoms with E-state index in [1.165, 1.54) is 0 Å². The van der Waals surface area contributed by atoms with Crippen LogP contribution in [0.2, 0.25) is 0 Å². The van der Waals surface area contributed by atoms with Gasteiger partial charge in [-0.2, -0.15) is 5.10 Å². The highest BCUT2D eigenvalue weighted by atomic mass is 16.1. The van der Waals surface area contributed by atoms with Gasteiger partial charge in [-0.1, -0.05) is 20.8 Å². The summed E-state index contributed by atoms with van der Waals surface area (Å²) in [4.78, 5) is 21.6. The number of aryl methyl sites for hydroxylation is 3. The van der Waals surface area contributed by atoms with Gasteiger partial charge >= 0.3 is 0 Å². The zero-order chi connectivity index (χ0) is 18.4. The maximum atomic E-state index is 12.7. The molecule has 0 aromatic carbocycles. The number of carbonyl (C=O) groups is 1. The van der Waals surface area contributed by atoms with Crippen LogP contribution < -0.4 is 5.32 Å². The van der Waals surface area contributed by atoms with E-state index in [0.717, 1.165) is 22.4 Å². The normalized spacial score (nSPS) is 11.8. The number of hydrogen-bond acceptors (Lipinski definition) is 4. The van der Waals surface area contributed by atoms with Gasteiger partial charge in [0.15, 0.2) is 5.65 Å². The van der Waals surface area contributed by atoms with Crippen LogP contribution in [0.1, 0.15) is 48.2 Å². The Morgan fingerprint density at radius 2 is 1.88 bits per heavy atom. The van der Waals surface area contributed by atoms with Crippen LogP contribution in [-0.4, -0.2) is 25.7 Å². The van der Waals surface area contributed by atoms with Gasteiger partial charge in [-0.05, 0) is 32.0 Å². The Balaban J connectivity index is 1.89. The fraction of sp³-hybridized carbons (Fsp3) is 0.368. The number of amides is 1. The number of fused-ring (bicyclic) bond motifs is 1. The van der Waals surface area contributed by atoms with Crippen molar-refractivity contribution in [3.8, 4) is 0 Å². The smallest absolute Gasteiger partial charge is 0.257 e. The van der Waals surface area contributed by atoms with Crippen molar-refractivity contribution in [1.82, 2.24) is 19.7 Å². The van der Waals surface area contributed by atoms with Crippen molar-refractivity contribution in [1.29, 1.82) is 0 Å². The SMILES string of the molecule is Cc1nc2c(cc1C(=O)Nc1ccc(C(C)(C)C)nc1)c(C)nn2C. The lowest BCUT2D eigenvalue weighted by atomic mass is 9.92. The van der Waals surface area contributed by atoms with E-state index in [-0.39, 0.29) is 11.3 Å². The molecule has 25 heavy (non-hydrogen) atoms. The molecule has 1 N–H and O–H groups in total. The predicted octanol–water partition coefficient (Wildman–Crippen LogP) is 3.53. The lowest BCUT2D eigenvalue weighted by molar-refractivity contribution is 0.102. The molecule has 0 saturated heterocycles. The second-order valence-corrected chi connectivity index (χ2v) is 7.34. The molecule has 6 heteroatoms. The summed E-state index contributed by atoms with van der Waals surface area (Å²) in [6.45, 7) is 10.1. The second kappa shape index (κ2) is 5.95. The van der Waals surface area contributed by atoms with Crippen LogP contribution >= 0.6 is 0 Å². The zero-order valence-corrected chi connectivity index (χ0v) is 15.5. The van der Waals surface area contributed by atoms with E-state index in [1.807, 2.05) is 39.1 Å². The van der Waals surface area contributed by atoms with Crippen molar-refractivity contribution in [3.05, 3.63) is 47.0 Å². The van der Waals surface area contributed by atoms with Crippen LogP contribution in [0.15, 0.2) is 24.4 Å². The van der Waals surface area contributed by atoms with E-state index in [9.17, 15) is 4.79 Å². The molecule has 0 aliphatic heterocycles. The van der Waals surface area contributed by atoms with Gasteiger partial charge in [0.25, 0.3) is 5.91 Å². The Labute approximate surface area is 147 Å². The molecular formula is C19H23N5O. The minimum atomic E-state index is -0.194. The topological polar surface area (TPSA) is 72.7 Å². The van der Waals surface area contributed by atoms with Crippen molar-refractivity contribution in [3.63, 3.8) is 0 Å². The van der Waals surface area contributed by atoms with Crippen LogP contribution in [0, 0.1) is 13.8 Å². The number of rotatable bonds is 2. The molecule has 3 heterocycles. The van der Waals surface area contributed by atoms with Gasteiger partial charge < -0.3 is 5.32 Å². The zero-order valence-electron chi connectivity index (χ0n) is 15.5. The van der Waals surface area contributed by atoms with E-state index >= 15 is 0 Å². The van der Waals surface area contributed by atoms with Crippen molar-refractivity contribution in [2.75, 3.05) is 5.32 Å². The standard InChI is InChI=1S/C19H23N5O/c1-11-15(9-14-12(2)23-24(6)17(14)21-11)18(25)22-13-7-8-16(20-10-13)19(3,4)5/h7-10H,1-6H3,(H,22,25). The quantitative estimate of drug-likeness (QED) is 0.776. The van der Waals surface area contributed by atoms with Gasteiger partial charge in [-0.25, -0.2) is 4.98 Å².